The van der Waals surface area contributed by atoms with Gasteiger partial charge in [0.1, 0.15) is 17.8 Å². The third kappa shape index (κ3) is 3.72. The molecule has 134 valence electrons. The molecule has 27 heavy (non-hydrogen) atoms. The summed E-state index contributed by atoms with van der Waals surface area (Å²) in [7, 11) is 0. The first-order valence-corrected chi connectivity index (χ1v) is 8.84. The number of rotatable bonds is 6. The second-order valence-electron chi connectivity index (χ2n) is 6.35. The van der Waals surface area contributed by atoms with Crippen LogP contribution in [0, 0.1) is 0 Å². The lowest BCUT2D eigenvalue weighted by atomic mass is 10.1. The molecule has 0 fully saturated rings. The molecule has 0 saturated heterocycles. The van der Waals surface area contributed by atoms with Gasteiger partial charge in [0.15, 0.2) is 11.9 Å². The van der Waals surface area contributed by atoms with Crippen LogP contribution < -0.4 is 4.74 Å². The highest BCUT2D eigenvalue weighted by atomic mass is 16.5. The Labute approximate surface area is 157 Å². The van der Waals surface area contributed by atoms with Crippen LogP contribution in [0.15, 0.2) is 78.9 Å². The molecule has 0 radical (unpaired) electrons. The number of fused-ring (bicyclic) bond motifs is 1. The van der Waals surface area contributed by atoms with Gasteiger partial charge in [0.25, 0.3) is 0 Å². The van der Waals surface area contributed by atoms with Crippen molar-refractivity contribution >= 4 is 16.8 Å². The van der Waals surface area contributed by atoms with Gasteiger partial charge in [-0.2, -0.15) is 0 Å². The Morgan fingerprint density at radius 1 is 0.926 bits per heavy atom. The minimum Gasteiger partial charge on any atom is -0.483 e. The monoisotopic (exact) mass is 357 g/mol. The van der Waals surface area contributed by atoms with Crippen molar-refractivity contribution in [2.45, 2.75) is 19.6 Å². The van der Waals surface area contributed by atoms with E-state index in [4.69, 9.17) is 4.74 Å². The van der Waals surface area contributed by atoms with Crippen molar-refractivity contribution in [3.8, 4) is 16.9 Å². The fraction of sp³-hybridized carbons (Fsp3) is 0.136. The zero-order valence-corrected chi connectivity index (χ0v) is 14.9. The van der Waals surface area contributed by atoms with E-state index in [0.29, 0.717) is 5.75 Å². The molecular weight excluding hydrogens is 338 g/mol. The van der Waals surface area contributed by atoms with E-state index >= 15 is 0 Å². The van der Waals surface area contributed by atoms with Gasteiger partial charge in [0.2, 0.25) is 0 Å². The first-order valence-electron chi connectivity index (χ1n) is 8.84. The number of Topliss-reactive ketones (excluding diaryl/α,β-unsaturated/α-hetero) is 1. The van der Waals surface area contributed by atoms with Gasteiger partial charge in [-0.25, -0.2) is 4.68 Å². The molecule has 5 nitrogen and oxygen atoms in total. The van der Waals surface area contributed by atoms with E-state index in [-0.39, 0.29) is 12.3 Å². The van der Waals surface area contributed by atoms with Crippen LogP contribution in [0.2, 0.25) is 0 Å². The molecule has 0 saturated carbocycles. The third-order valence-electron chi connectivity index (χ3n) is 4.45. The summed E-state index contributed by atoms with van der Waals surface area (Å²) in [5, 5.41) is 8.13. The predicted molar refractivity (Wildman–Crippen MR) is 105 cm³/mol. The number of hydrogen-bond acceptors (Lipinski definition) is 4. The molecule has 0 unspecified atom stereocenters. The van der Waals surface area contributed by atoms with Crippen molar-refractivity contribution in [3.05, 3.63) is 78.9 Å². The molecule has 0 spiro atoms. The van der Waals surface area contributed by atoms with Crippen LogP contribution in [-0.2, 0) is 11.3 Å². The molecule has 3 aromatic carbocycles. The van der Waals surface area contributed by atoms with Gasteiger partial charge in [0.05, 0.1) is 5.52 Å². The molecule has 4 rings (SSSR count). The highest BCUT2D eigenvalue weighted by molar-refractivity contribution is 5.84. The summed E-state index contributed by atoms with van der Waals surface area (Å²) >= 11 is 0. The summed E-state index contributed by atoms with van der Waals surface area (Å²) in [6.07, 6.45) is -0.574. The summed E-state index contributed by atoms with van der Waals surface area (Å²) in [6, 6.07) is 25.5. The topological polar surface area (TPSA) is 57.0 Å². The standard InChI is InChI=1S/C22H19N3O2/c1-16(22(26)15-25-21-10-6-5-9-20(21)23-24-25)27-19-13-11-18(12-14-19)17-7-3-2-4-8-17/h2-14,16H,15H2,1H3/t16-/m0/s1. The van der Waals surface area contributed by atoms with Gasteiger partial charge in [-0.1, -0.05) is 59.8 Å². The Bertz CT molecular complexity index is 1060. The largest absolute Gasteiger partial charge is 0.483 e. The molecule has 0 aliphatic heterocycles. The minimum atomic E-state index is -0.574. The summed E-state index contributed by atoms with van der Waals surface area (Å²) in [5.41, 5.74) is 3.86. The first kappa shape index (κ1) is 17.0. The van der Waals surface area contributed by atoms with Gasteiger partial charge in [-0.3, -0.25) is 4.79 Å². The molecule has 0 bridgehead atoms. The lowest BCUT2D eigenvalue weighted by molar-refractivity contribution is -0.125. The molecular formula is C22H19N3O2. The number of para-hydroxylation sites is 1. The molecule has 0 amide bonds. The summed E-state index contributed by atoms with van der Waals surface area (Å²) < 4.78 is 7.42. The SMILES string of the molecule is C[C@H](Oc1ccc(-c2ccccc2)cc1)C(=O)Cn1nnc2ccccc21. The van der Waals surface area contributed by atoms with Crippen LogP contribution in [0.1, 0.15) is 6.92 Å². The fourth-order valence-corrected chi connectivity index (χ4v) is 2.94. The summed E-state index contributed by atoms with van der Waals surface area (Å²) in [5.74, 6) is 0.608. The Morgan fingerprint density at radius 3 is 2.37 bits per heavy atom. The molecule has 5 heteroatoms. The highest BCUT2D eigenvalue weighted by Gasteiger charge is 2.17. The van der Waals surface area contributed by atoms with Gasteiger partial charge < -0.3 is 4.74 Å². The molecule has 1 atom stereocenters. The maximum atomic E-state index is 12.5. The van der Waals surface area contributed by atoms with E-state index in [1.165, 1.54) is 0 Å². The molecule has 4 aromatic rings. The Hall–Kier alpha value is -3.47. The number of hydrogen-bond donors (Lipinski definition) is 0. The van der Waals surface area contributed by atoms with E-state index < -0.39 is 6.10 Å². The highest BCUT2D eigenvalue weighted by Crippen LogP contribution is 2.22. The van der Waals surface area contributed by atoms with Crippen molar-refractivity contribution in [2.75, 3.05) is 0 Å². The Morgan fingerprint density at radius 2 is 1.59 bits per heavy atom. The number of carbonyl (C=O) groups is 1. The average molecular weight is 357 g/mol. The Balaban J connectivity index is 1.42. The quantitative estimate of drug-likeness (QED) is 0.520. The van der Waals surface area contributed by atoms with Crippen LogP contribution in [-0.4, -0.2) is 26.9 Å². The zero-order valence-electron chi connectivity index (χ0n) is 14.9. The molecule has 0 aliphatic carbocycles. The summed E-state index contributed by atoms with van der Waals surface area (Å²) in [6.45, 7) is 1.89. The van der Waals surface area contributed by atoms with Crippen LogP contribution in [0.3, 0.4) is 0 Å². The zero-order chi connectivity index (χ0) is 18.6. The van der Waals surface area contributed by atoms with Crippen LogP contribution in [0.5, 0.6) is 5.75 Å². The number of carbonyl (C=O) groups excluding carboxylic acids is 1. The van der Waals surface area contributed by atoms with Crippen molar-refractivity contribution in [3.63, 3.8) is 0 Å². The number of nitrogens with zero attached hydrogens (tertiary/aromatic N) is 3. The van der Waals surface area contributed by atoms with Crippen LogP contribution in [0.4, 0.5) is 0 Å². The van der Waals surface area contributed by atoms with Gasteiger partial charge in [-0.15, -0.1) is 5.10 Å². The maximum Gasteiger partial charge on any atom is 0.194 e. The van der Waals surface area contributed by atoms with E-state index in [2.05, 4.69) is 22.4 Å². The maximum absolute atomic E-state index is 12.5. The lowest BCUT2D eigenvalue weighted by Crippen LogP contribution is -2.28. The fourth-order valence-electron chi connectivity index (χ4n) is 2.94. The normalized spacial score (nSPS) is 12.0. The van der Waals surface area contributed by atoms with E-state index in [1.807, 2.05) is 66.7 Å². The number of ether oxygens (including phenoxy) is 1. The van der Waals surface area contributed by atoms with Crippen molar-refractivity contribution < 1.29 is 9.53 Å². The van der Waals surface area contributed by atoms with E-state index in [9.17, 15) is 4.79 Å². The first-order chi connectivity index (χ1) is 13.2. The van der Waals surface area contributed by atoms with Gasteiger partial charge in [-0.05, 0) is 42.3 Å². The number of benzene rings is 3. The van der Waals surface area contributed by atoms with Crippen LogP contribution >= 0.6 is 0 Å². The van der Waals surface area contributed by atoms with Crippen molar-refractivity contribution in [2.24, 2.45) is 0 Å². The van der Waals surface area contributed by atoms with Crippen LogP contribution in [0.25, 0.3) is 22.2 Å². The van der Waals surface area contributed by atoms with E-state index in [0.717, 1.165) is 22.2 Å². The second kappa shape index (κ2) is 7.41. The van der Waals surface area contributed by atoms with E-state index in [1.54, 1.807) is 11.6 Å². The molecule has 1 aromatic heterocycles. The average Bonchev–Trinajstić information content (AvgIpc) is 3.12. The minimum absolute atomic E-state index is 0.0576. The second-order valence-corrected chi connectivity index (χ2v) is 6.35. The predicted octanol–water partition coefficient (Wildman–Crippen LogP) is 4.13. The lowest BCUT2D eigenvalue weighted by Gasteiger charge is -2.14. The molecule has 0 N–H and O–H groups in total. The van der Waals surface area contributed by atoms with Crippen molar-refractivity contribution in [1.82, 2.24) is 15.0 Å². The van der Waals surface area contributed by atoms with Gasteiger partial charge in [0, 0.05) is 0 Å². The molecule has 1 heterocycles. The number of aromatic nitrogens is 3. The molecule has 0 aliphatic rings. The Kier molecular flexibility index (Phi) is 4.66. The van der Waals surface area contributed by atoms with Gasteiger partial charge >= 0.3 is 0 Å². The van der Waals surface area contributed by atoms with Crippen molar-refractivity contribution in [1.29, 1.82) is 0 Å². The summed E-state index contributed by atoms with van der Waals surface area (Å²) in [4.78, 5) is 12.5. The smallest absolute Gasteiger partial charge is 0.194 e. The number of ketones is 1. The third-order valence-corrected chi connectivity index (χ3v) is 4.45.